The molecular weight excluding hydrogens is 681 g/mol. The summed E-state index contributed by atoms with van der Waals surface area (Å²) in [6.07, 6.45) is 10.5. The summed E-state index contributed by atoms with van der Waals surface area (Å²) >= 11 is 0. The smallest absolute Gasteiger partial charge is 0.0894 e. The molecule has 0 radical (unpaired) electrons. The number of aryl methyl sites for hydroxylation is 6. The molecule has 0 amide bonds. The summed E-state index contributed by atoms with van der Waals surface area (Å²) in [5.74, 6) is 0. The van der Waals surface area contributed by atoms with Gasteiger partial charge < -0.3 is 11.5 Å². The summed E-state index contributed by atoms with van der Waals surface area (Å²) in [6.45, 7) is 13.1. The minimum absolute atomic E-state index is 0.752. The first kappa shape index (κ1) is 36.5. The molecule has 4 heteroatoms. The maximum absolute atomic E-state index is 7.45. The molecule has 6 aromatic carbocycles. The number of anilines is 2. The minimum atomic E-state index is 0.752. The average molecular weight is 729 g/mol. The number of para-hydroxylation sites is 2. The highest BCUT2D eigenvalue weighted by molar-refractivity contribution is 6.18. The molecule has 0 atom stereocenters. The van der Waals surface area contributed by atoms with E-state index in [4.69, 9.17) is 21.4 Å². The maximum Gasteiger partial charge on any atom is 0.0894 e. The van der Waals surface area contributed by atoms with Gasteiger partial charge in [0.15, 0.2) is 0 Å². The SMILES string of the molecule is Cc1cc(C)c(-c2cc3c(cc(-c4c(C)cc(C)cc4C)c4ccc(-c5ccc6ccccc6n5)nc43)c(N)c2/C=C\CC/C=C\c2ccccc2N)c(C)c1. The van der Waals surface area contributed by atoms with Crippen LogP contribution in [0.25, 0.3) is 78.4 Å². The van der Waals surface area contributed by atoms with Gasteiger partial charge in [-0.2, -0.15) is 0 Å². The highest BCUT2D eigenvalue weighted by atomic mass is 14.8. The Morgan fingerprint density at radius 3 is 1.79 bits per heavy atom. The van der Waals surface area contributed by atoms with Crippen molar-refractivity contribution in [3.63, 3.8) is 0 Å². The van der Waals surface area contributed by atoms with Crippen LogP contribution < -0.4 is 11.5 Å². The van der Waals surface area contributed by atoms with Crippen LogP contribution in [0.2, 0.25) is 0 Å². The lowest BCUT2D eigenvalue weighted by molar-refractivity contribution is 1.06. The predicted molar refractivity (Wildman–Crippen MR) is 242 cm³/mol. The Hall–Kier alpha value is -6.52. The third-order valence-corrected chi connectivity index (χ3v) is 11.0. The number of hydrogen-bond acceptors (Lipinski definition) is 4. The summed E-state index contributed by atoms with van der Waals surface area (Å²) < 4.78 is 0. The standard InChI is InChI=1S/C52H48N4/c1-31-25-33(3)49(34(4)26-31)41-30-44-43(51(54)39(41)18-10-8-7-9-15-37-16-11-13-19-45(37)53)29-42(50-35(5)27-32(2)28-36(50)6)40-22-24-48(56-52(40)44)47-23-21-38-17-12-14-20-46(38)55-47/h9-30H,7-8,53-54H2,1-6H3/b15-9-,18-10-. The van der Waals surface area contributed by atoms with Crippen LogP contribution >= 0.6 is 0 Å². The number of aromatic nitrogens is 2. The molecule has 0 unspecified atom stereocenters. The molecule has 0 spiro atoms. The van der Waals surface area contributed by atoms with Gasteiger partial charge in [0.1, 0.15) is 0 Å². The van der Waals surface area contributed by atoms with Crippen LogP contribution in [-0.4, -0.2) is 9.97 Å². The van der Waals surface area contributed by atoms with E-state index in [0.717, 1.165) is 90.4 Å². The van der Waals surface area contributed by atoms with E-state index in [0.29, 0.717) is 0 Å². The molecule has 276 valence electrons. The van der Waals surface area contributed by atoms with Gasteiger partial charge in [-0.05, 0) is 147 Å². The van der Waals surface area contributed by atoms with Crippen molar-refractivity contribution in [3.8, 4) is 33.6 Å². The zero-order chi connectivity index (χ0) is 39.1. The molecule has 0 fully saturated rings. The lowest BCUT2D eigenvalue weighted by Crippen LogP contribution is -2.01. The summed E-state index contributed by atoms with van der Waals surface area (Å²) in [6, 6.07) is 38.4. The highest BCUT2D eigenvalue weighted by Gasteiger charge is 2.21. The Bertz CT molecular complexity index is 2850. The fourth-order valence-electron chi connectivity index (χ4n) is 8.61. The van der Waals surface area contributed by atoms with Gasteiger partial charge in [0.25, 0.3) is 0 Å². The van der Waals surface area contributed by atoms with Gasteiger partial charge in [0, 0.05) is 38.5 Å². The van der Waals surface area contributed by atoms with E-state index in [9.17, 15) is 0 Å². The van der Waals surface area contributed by atoms with E-state index in [1.54, 1.807) is 0 Å². The lowest BCUT2D eigenvalue weighted by Gasteiger charge is -2.21. The van der Waals surface area contributed by atoms with Gasteiger partial charge in [-0.3, -0.25) is 0 Å². The van der Waals surface area contributed by atoms with Crippen molar-refractivity contribution in [2.45, 2.75) is 54.4 Å². The van der Waals surface area contributed by atoms with Crippen LogP contribution in [0.15, 0.2) is 121 Å². The monoisotopic (exact) mass is 728 g/mol. The molecule has 0 aliphatic rings. The summed E-state index contributed by atoms with van der Waals surface area (Å²) in [7, 11) is 0. The summed E-state index contributed by atoms with van der Waals surface area (Å²) in [4.78, 5) is 10.5. The number of fused-ring (bicyclic) bond motifs is 4. The molecule has 8 aromatic rings. The second kappa shape index (κ2) is 15.0. The van der Waals surface area contributed by atoms with E-state index < -0.39 is 0 Å². The van der Waals surface area contributed by atoms with E-state index in [2.05, 4.69) is 139 Å². The summed E-state index contributed by atoms with van der Waals surface area (Å²) in [5.41, 5.74) is 32.8. The molecular formula is C52H48N4. The second-order valence-electron chi connectivity index (χ2n) is 15.3. The molecule has 0 aliphatic carbocycles. The molecule has 0 saturated heterocycles. The van der Waals surface area contributed by atoms with Crippen LogP contribution in [0, 0.1) is 41.5 Å². The number of nitrogens with two attached hydrogens (primary N) is 2. The minimum Gasteiger partial charge on any atom is -0.398 e. The average Bonchev–Trinajstić information content (AvgIpc) is 3.17. The van der Waals surface area contributed by atoms with Crippen molar-refractivity contribution in [1.82, 2.24) is 9.97 Å². The molecule has 8 rings (SSSR count). The van der Waals surface area contributed by atoms with Crippen molar-refractivity contribution in [3.05, 3.63) is 166 Å². The number of nitrogens with zero attached hydrogens (tertiary/aromatic N) is 2. The Morgan fingerprint density at radius 1 is 0.518 bits per heavy atom. The normalized spacial score (nSPS) is 11.9. The van der Waals surface area contributed by atoms with Crippen molar-refractivity contribution >= 4 is 56.1 Å². The number of unbranched alkanes of at least 4 members (excludes halogenated alkanes) is 1. The quantitative estimate of drug-likeness (QED) is 0.0927. The Morgan fingerprint density at radius 2 is 1.09 bits per heavy atom. The summed E-state index contributed by atoms with van der Waals surface area (Å²) in [5, 5.41) is 4.22. The Balaban J connectivity index is 1.37. The van der Waals surface area contributed by atoms with Crippen LogP contribution in [0.5, 0.6) is 0 Å². The van der Waals surface area contributed by atoms with Crippen molar-refractivity contribution < 1.29 is 0 Å². The van der Waals surface area contributed by atoms with Crippen molar-refractivity contribution in [1.29, 1.82) is 0 Å². The van der Waals surface area contributed by atoms with Gasteiger partial charge in [-0.15, -0.1) is 0 Å². The first-order chi connectivity index (χ1) is 27.1. The number of rotatable bonds is 8. The van der Waals surface area contributed by atoms with Crippen LogP contribution in [-0.2, 0) is 0 Å². The van der Waals surface area contributed by atoms with Gasteiger partial charge in [0.2, 0.25) is 0 Å². The van der Waals surface area contributed by atoms with E-state index in [1.807, 2.05) is 36.4 Å². The topological polar surface area (TPSA) is 77.8 Å². The number of hydrogen-bond donors (Lipinski definition) is 2. The largest absolute Gasteiger partial charge is 0.398 e. The predicted octanol–water partition coefficient (Wildman–Crippen LogP) is 13.5. The fourth-order valence-corrected chi connectivity index (χ4v) is 8.61. The van der Waals surface area contributed by atoms with Gasteiger partial charge in [-0.25, -0.2) is 9.97 Å². The van der Waals surface area contributed by atoms with Gasteiger partial charge in [-0.1, -0.05) is 102 Å². The third kappa shape index (κ3) is 6.84. The molecule has 2 aromatic heterocycles. The lowest BCUT2D eigenvalue weighted by atomic mass is 9.85. The number of allylic oxidation sites excluding steroid dienone is 2. The van der Waals surface area contributed by atoms with Crippen molar-refractivity contribution in [2.24, 2.45) is 0 Å². The van der Waals surface area contributed by atoms with Gasteiger partial charge in [0.05, 0.1) is 22.4 Å². The number of nitrogen functional groups attached to an aromatic ring is 2. The van der Waals surface area contributed by atoms with E-state index in [1.165, 1.54) is 44.5 Å². The molecule has 4 nitrogen and oxygen atoms in total. The molecule has 2 heterocycles. The van der Waals surface area contributed by atoms with Crippen molar-refractivity contribution in [2.75, 3.05) is 11.5 Å². The fraction of sp³-hybridized carbons (Fsp3) is 0.154. The first-order valence-corrected chi connectivity index (χ1v) is 19.5. The highest BCUT2D eigenvalue weighted by Crippen LogP contribution is 2.45. The molecule has 0 aliphatic heterocycles. The number of pyridine rings is 2. The molecule has 0 bridgehead atoms. The molecule has 56 heavy (non-hydrogen) atoms. The van der Waals surface area contributed by atoms with Crippen LogP contribution in [0.1, 0.15) is 57.3 Å². The zero-order valence-corrected chi connectivity index (χ0v) is 33.2. The van der Waals surface area contributed by atoms with E-state index in [-0.39, 0.29) is 0 Å². The third-order valence-electron chi connectivity index (χ3n) is 11.0. The van der Waals surface area contributed by atoms with Crippen LogP contribution in [0.4, 0.5) is 11.4 Å². The van der Waals surface area contributed by atoms with Gasteiger partial charge >= 0.3 is 0 Å². The van der Waals surface area contributed by atoms with Crippen LogP contribution in [0.3, 0.4) is 0 Å². The molecule has 0 saturated carbocycles. The Kier molecular flexibility index (Phi) is 9.74. The zero-order valence-electron chi connectivity index (χ0n) is 33.2. The molecule has 4 N–H and O–H groups in total. The number of benzene rings is 6. The maximum atomic E-state index is 7.45. The second-order valence-corrected chi connectivity index (χ2v) is 15.3. The Labute approximate surface area is 330 Å². The van der Waals surface area contributed by atoms with E-state index >= 15 is 0 Å². The first-order valence-electron chi connectivity index (χ1n) is 19.5.